The smallest absolute Gasteiger partial charge is 0.267 e. The van der Waals surface area contributed by atoms with Crippen molar-refractivity contribution in [2.45, 2.75) is 0 Å². The van der Waals surface area contributed by atoms with Crippen molar-refractivity contribution >= 4 is 23.7 Å². The van der Waals surface area contributed by atoms with Gasteiger partial charge in [-0.1, -0.05) is 29.8 Å². The molecule has 2 aromatic rings. The highest BCUT2D eigenvalue weighted by atomic mass is 35.5. The molecule has 3 nitrogen and oxygen atoms in total. The second-order valence-corrected chi connectivity index (χ2v) is 4.13. The Morgan fingerprint density at radius 3 is 2.53 bits per heavy atom. The molecule has 0 saturated carbocycles. The molecule has 0 aliphatic carbocycles. The Morgan fingerprint density at radius 1 is 1.16 bits per heavy atom. The van der Waals surface area contributed by atoms with Gasteiger partial charge >= 0.3 is 0 Å². The lowest BCUT2D eigenvalue weighted by molar-refractivity contribution is 0.0955. The van der Waals surface area contributed by atoms with Gasteiger partial charge in [-0.2, -0.15) is 5.10 Å². The van der Waals surface area contributed by atoms with Gasteiger partial charge in [-0.3, -0.25) is 4.79 Å². The summed E-state index contributed by atoms with van der Waals surface area (Å²) in [5.41, 5.74) is 3.37. The largest absolute Gasteiger partial charge is 0.271 e. The van der Waals surface area contributed by atoms with Crippen molar-refractivity contribution in [3.63, 3.8) is 0 Å². The monoisotopic (exact) mass is 276 g/mol. The Hall–Kier alpha value is -2.20. The number of hydrogen-bond acceptors (Lipinski definition) is 2. The SMILES string of the molecule is O=C(NN=Cc1ccccc1Cl)c1ccc(F)cc1. The number of rotatable bonds is 3. The third-order valence-corrected chi connectivity index (χ3v) is 2.73. The van der Waals surface area contributed by atoms with E-state index in [1.807, 2.05) is 6.07 Å². The average Bonchev–Trinajstić information content (AvgIpc) is 2.41. The minimum Gasteiger partial charge on any atom is -0.267 e. The Kier molecular flexibility index (Phi) is 4.26. The van der Waals surface area contributed by atoms with Crippen LogP contribution in [0.2, 0.25) is 5.02 Å². The maximum Gasteiger partial charge on any atom is 0.271 e. The van der Waals surface area contributed by atoms with E-state index in [-0.39, 0.29) is 0 Å². The zero-order chi connectivity index (χ0) is 13.7. The summed E-state index contributed by atoms with van der Waals surface area (Å²) >= 11 is 5.93. The fourth-order valence-corrected chi connectivity index (χ4v) is 1.59. The molecule has 0 spiro atoms. The number of carbonyl (C=O) groups is 1. The maximum atomic E-state index is 12.7. The molecule has 0 aliphatic heterocycles. The van der Waals surface area contributed by atoms with Crippen molar-refractivity contribution in [2.24, 2.45) is 5.10 Å². The van der Waals surface area contributed by atoms with Gasteiger partial charge in [0.1, 0.15) is 5.82 Å². The molecule has 0 saturated heterocycles. The van der Waals surface area contributed by atoms with E-state index >= 15 is 0 Å². The number of nitrogens with one attached hydrogen (secondary N) is 1. The van der Waals surface area contributed by atoms with Crippen LogP contribution in [-0.2, 0) is 0 Å². The Bertz CT molecular complexity index is 611. The molecule has 2 aromatic carbocycles. The van der Waals surface area contributed by atoms with E-state index in [2.05, 4.69) is 10.5 Å². The molecule has 1 amide bonds. The summed E-state index contributed by atoms with van der Waals surface area (Å²) in [7, 11) is 0. The number of carbonyl (C=O) groups excluding carboxylic acids is 1. The third-order valence-electron chi connectivity index (χ3n) is 2.38. The van der Waals surface area contributed by atoms with Gasteiger partial charge in [-0.15, -0.1) is 0 Å². The van der Waals surface area contributed by atoms with Crippen molar-refractivity contribution < 1.29 is 9.18 Å². The summed E-state index contributed by atoms with van der Waals surface area (Å²) in [6.45, 7) is 0. The first-order chi connectivity index (χ1) is 9.16. The second-order valence-electron chi connectivity index (χ2n) is 3.73. The predicted molar refractivity (Wildman–Crippen MR) is 72.9 cm³/mol. The lowest BCUT2D eigenvalue weighted by Gasteiger charge is -2.00. The summed E-state index contributed by atoms with van der Waals surface area (Å²) in [6.07, 6.45) is 1.45. The first-order valence-corrected chi connectivity index (χ1v) is 5.88. The number of hydrazone groups is 1. The number of benzene rings is 2. The van der Waals surface area contributed by atoms with Crippen molar-refractivity contribution in [3.8, 4) is 0 Å². The summed E-state index contributed by atoms with van der Waals surface area (Å²) in [5, 5.41) is 4.34. The van der Waals surface area contributed by atoms with Gasteiger partial charge in [0.2, 0.25) is 0 Å². The Labute approximate surface area is 114 Å². The van der Waals surface area contributed by atoms with Crippen LogP contribution in [0.3, 0.4) is 0 Å². The molecule has 0 fully saturated rings. The van der Waals surface area contributed by atoms with Crippen LogP contribution in [0.15, 0.2) is 53.6 Å². The predicted octanol–water partition coefficient (Wildman–Crippen LogP) is 3.24. The summed E-state index contributed by atoms with van der Waals surface area (Å²) in [6, 6.07) is 12.3. The minimum atomic E-state index is -0.414. The van der Waals surface area contributed by atoms with Gasteiger partial charge in [0.05, 0.1) is 6.21 Å². The molecule has 2 rings (SSSR count). The van der Waals surface area contributed by atoms with E-state index in [9.17, 15) is 9.18 Å². The molecular formula is C14H10ClFN2O. The molecular weight excluding hydrogens is 267 g/mol. The topological polar surface area (TPSA) is 41.5 Å². The van der Waals surface area contributed by atoms with Crippen molar-refractivity contribution in [2.75, 3.05) is 0 Å². The lowest BCUT2D eigenvalue weighted by atomic mass is 10.2. The van der Waals surface area contributed by atoms with Crippen LogP contribution < -0.4 is 5.43 Å². The molecule has 1 N–H and O–H groups in total. The van der Waals surface area contributed by atoms with E-state index in [0.717, 1.165) is 0 Å². The molecule has 0 radical (unpaired) electrons. The van der Waals surface area contributed by atoms with Crippen LogP contribution in [0.5, 0.6) is 0 Å². The van der Waals surface area contributed by atoms with Crippen LogP contribution in [0, 0.1) is 5.82 Å². The number of halogens is 2. The van der Waals surface area contributed by atoms with Gasteiger partial charge in [0.25, 0.3) is 5.91 Å². The third kappa shape index (κ3) is 3.63. The molecule has 0 aliphatic rings. The molecule has 0 aromatic heterocycles. The molecule has 0 unspecified atom stereocenters. The van der Waals surface area contributed by atoms with Crippen molar-refractivity contribution in [1.82, 2.24) is 5.43 Å². The zero-order valence-electron chi connectivity index (χ0n) is 9.81. The fourth-order valence-electron chi connectivity index (χ4n) is 1.41. The van der Waals surface area contributed by atoms with E-state index in [0.29, 0.717) is 16.1 Å². The zero-order valence-corrected chi connectivity index (χ0v) is 10.6. The minimum absolute atomic E-state index is 0.331. The number of nitrogens with zero attached hydrogens (tertiary/aromatic N) is 1. The van der Waals surface area contributed by atoms with Gasteiger partial charge in [0.15, 0.2) is 0 Å². The quantitative estimate of drug-likeness (QED) is 0.679. The Balaban J connectivity index is 2.01. The molecule has 96 valence electrons. The fraction of sp³-hybridized carbons (Fsp3) is 0. The van der Waals surface area contributed by atoms with E-state index in [4.69, 9.17) is 11.6 Å². The molecule has 5 heteroatoms. The van der Waals surface area contributed by atoms with Crippen LogP contribution in [0.1, 0.15) is 15.9 Å². The van der Waals surface area contributed by atoms with Gasteiger partial charge < -0.3 is 0 Å². The van der Waals surface area contributed by atoms with Crippen LogP contribution in [-0.4, -0.2) is 12.1 Å². The summed E-state index contributed by atoms with van der Waals surface area (Å²) in [5.74, 6) is -0.806. The normalized spacial score (nSPS) is 10.6. The molecule has 0 bridgehead atoms. The second kappa shape index (κ2) is 6.11. The van der Waals surface area contributed by atoms with Crippen LogP contribution in [0.25, 0.3) is 0 Å². The van der Waals surface area contributed by atoms with Gasteiger partial charge in [0, 0.05) is 16.1 Å². The highest BCUT2D eigenvalue weighted by Gasteiger charge is 2.03. The first kappa shape index (κ1) is 13.2. The Morgan fingerprint density at radius 2 is 1.84 bits per heavy atom. The molecule has 0 atom stereocenters. The van der Waals surface area contributed by atoms with Gasteiger partial charge in [-0.25, -0.2) is 9.82 Å². The van der Waals surface area contributed by atoms with Crippen LogP contribution in [0.4, 0.5) is 4.39 Å². The van der Waals surface area contributed by atoms with E-state index in [1.54, 1.807) is 18.2 Å². The van der Waals surface area contributed by atoms with Crippen molar-refractivity contribution in [3.05, 3.63) is 70.5 Å². The van der Waals surface area contributed by atoms with E-state index < -0.39 is 11.7 Å². The number of hydrogen-bond donors (Lipinski definition) is 1. The van der Waals surface area contributed by atoms with Gasteiger partial charge in [-0.05, 0) is 30.3 Å². The molecule has 19 heavy (non-hydrogen) atoms. The first-order valence-electron chi connectivity index (χ1n) is 5.50. The van der Waals surface area contributed by atoms with Crippen molar-refractivity contribution in [1.29, 1.82) is 0 Å². The maximum absolute atomic E-state index is 12.7. The van der Waals surface area contributed by atoms with Crippen LogP contribution >= 0.6 is 11.6 Å². The standard InChI is InChI=1S/C14H10ClFN2O/c15-13-4-2-1-3-11(13)9-17-18-14(19)10-5-7-12(16)8-6-10/h1-9H,(H,18,19). The average molecular weight is 277 g/mol. The highest BCUT2D eigenvalue weighted by Crippen LogP contribution is 2.12. The number of amides is 1. The molecule has 0 heterocycles. The lowest BCUT2D eigenvalue weighted by Crippen LogP contribution is -2.17. The summed E-state index contributed by atoms with van der Waals surface area (Å²) in [4.78, 5) is 11.7. The highest BCUT2D eigenvalue weighted by molar-refractivity contribution is 6.33. The van der Waals surface area contributed by atoms with E-state index in [1.165, 1.54) is 30.5 Å². The summed E-state index contributed by atoms with van der Waals surface area (Å²) < 4.78 is 12.7.